The zero-order chi connectivity index (χ0) is 17.9. The average molecular weight is 319 g/mol. The maximum atomic E-state index is 12.7. The number of amides is 1. The van der Waals surface area contributed by atoms with Crippen molar-refractivity contribution in [2.45, 2.75) is 66.5 Å². The van der Waals surface area contributed by atoms with Crippen LogP contribution in [0.3, 0.4) is 0 Å². The van der Waals surface area contributed by atoms with Crippen LogP contribution >= 0.6 is 0 Å². The molecule has 23 heavy (non-hydrogen) atoms. The minimum atomic E-state index is -1.03. The molecule has 5 nitrogen and oxygen atoms in total. The Kier molecular flexibility index (Phi) is 3.75. The van der Waals surface area contributed by atoms with Gasteiger partial charge < -0.3 is 9.84 Å². The highest BCUT2D eigenvalue weighted by Gasteiger charge is 2.44. The first-order valence-electron chi connectivity index (χ1n) is 7.71. The summed E-state index contributed by atoms with van der Waals surface area (Å²) >= 11 is 0. The Morgan fingerprint density at radius 1 is 1.09 bits per heavy atom. The van der Waals surface area contributed by atoms with Crippen LogP contribution in [-0.4, -0.2) is 28.1 Å². The average Bonchev–Trinajstić information content (AvgIpc) is 2.61. The lowest BCUT2D eigenvalue weighted by Crippen LogP contribution is -2.46. The second-order valence-electron chi connectivity index (χ2n) is 7.66. The van der Waals surface area contributed by atoms with Crippen LogP contribution in [0, 0.1) is 20.8 Å². The third-order valence-electron chi connectivity index (χ3n) is 4.43. The third-order valence-corrected chi connectivity index (χ3v) is 4.43. The highest BCUT2D eigenvalue weighted by molar-refractivity contribution is 6.10. The number of benzene rings is 1. The van der Waals surface area contributed by atoms with E-state index in [0.29, 0.717) is 22.6 Å². The zero-order valence-corrected chi connectivity index (χ0v) is 15.1. The summed E-state index contributed by atoms with van der Waals surface area (Å²) in [7, 11) is 0. The molecule has 1 aliphatic rings. The molecule has 0 aromatic heterocycles. The number of nitrogens with zero attached hydrogens (tertiary/aromatic N) is 1. The van der Waals surface area contributed by atoms with Crippen molar-refractivity contribution < 1.29 is 19.4 Å². The van der Waals surface area contributed by atoms with E-state index in [1.54, 1.807) is 20.8 Å². The molecular formula is C18H25NO4. The minimum absolute atomic E-state index is 0.103. The topological polar surface area (TPSA) is 66.8 Å². The lowest BCUT2D eigenvalue weighted by atomic mass is 9.89. The van der Waals surface area contributed by atoms with Gasteiger partial charge in [0.25, 0.3) is 0 Å². The van der Waals surface area contributed by atoms with E-state index in [2.05, 4.69) is 0 Å². The molecule has 0 spiro atoms. The van der Waals surface area contributed by atoms with Gasteiger partial charge in [-0.25, -0.2) is 4.79 Å². The van der Waals surface area contributed by atoms with E-state index in [-0.39, 0.29) is 5.78 Å². The Bertz CT molecular complexity index is 711. The number of carboxylic acid groups (broad SMARTS) is 1. The molecule has 0 fully saturated rings. The van der Waals surface area contributed by atoms with E-state index < -0.39 is 17.2 Å². The Hall–Kier alpha value is -2.04. The normalized spacial score (nSPS) is 16.1. The molecule has 0 saturated carbocycles. The van der Waals surface area contributed by atoms with Crippen molar-refractivity contribution in [3.63, 3.8) is 0 Å². The summed E-state index contributed by atoms with van der Waals surface area (Å²) in [6.45, 7) is 14.5. The van der Waals surface area contributed by atoms with Gasteiger partial charge >= 0.3 is 6.09 Å². The number of anilines is 1. The van der Waals surface area contributed by atoms with Gasteiger partial charge in [-0.3, -0.25) is 9.69 Å². The summed E-state index contributed by atoms with van der Waals surface area (Å²) in [6.07, 6.45) is -1.03. The van der Waals surface area contributed by atoms with Crippen LogP contribution in [0.4, 0.5) is 10.5 Å². The highest BCUT2D eigenvalue weighted by Crippen LogP contribution is 2.46. The SMILES string of the molecule is Cc1c(C)c(N(C(=O)O)C(C)(C)C)c(C)c2c1OC(C)(C)C2=O. The first kappa shape index (κ1) is 17.3. The third kappa shape index (κ3) is 2.48. The Morgan fingerprint density at radius 2 is 1.61 bits per heavy atom. The van der Waals surface area contributed by atoms with Gasteiger partial charge in [-0.05, 0) is 72.1 Å². The summed E-state index contributed by atoms with van der Waals surface area (Å²) in [6, 6.07) is 0. The van der Waals surface area contributed by atoms with Crippen molar-refractivity contribution in [3.05, 3.63) is 22.3 Å². The van der Waals surface area contributed by atoms with Gasteiger partial charge in [0, 0.05) is 5.54 Å². The van der Waals surface area contributed by atoms with Gasteiger partial charge in [-0.15, -0.1) is 0 Å². The largest absolute Gasteiger partial charge is 0.479 e. The van der Waals surface area contributed by atoms with Crippen molar-refractivity contribution in [1.29, 1.82) is 0 Å². The predicted molar refractivity (Wildman–Crippen MR) is 89.9 cm³/mol. The number of carbonyl (C=O) groups is 2. The monoisotopic (exact) mass is 319 g/mol. The number of ether oxygens (including phenoxy) is 1. The van der Waals surface area contributed by atoms with Gasteiger partial charge in [0.2, 0.25) is 5.78 Å². The van der Waals surface area contributed by atoms with Crippen LogP contribution in [0.2, 0.25) is 0 Å². The van der Waals surface area contributed by atoms with Gasteiger partial charge in [0.05, 0.1) is 11.3 Å². The second-order valence-corrected chi connectivity index (χ2v) is 7.66. The first-order valence-corrected chi connectivity index (χ1v) is 7.71. The number of fused-ring (bicyclic) bond motifs is 1. The van der Waals surface area contributed by atoms with Crippen LogP contribution in [0.1, 0.15) is 61.7 Å². The predicted octanol–water partition coefficient (Wildman–Crippen LogP) is 4.25. The Balaban J connectivity index is 2.85. The number of Topliss-reactive ketones (excluding diaryl/α,β-unsaturated/α-hetero) is 1. The molecule has 2 rings (SSSR count). The number of carbonyl (C=O) groups excluding carboxylic acids is 1. The molecule has 1 amide bonds. The summed E-state index contributed by atoms with van der Waals surface area (Å²) in [5.74, 6) is 0.478. The molecule has 5 heteroatoms. The molecule has 126 valence electrons. The van der Waals surface area contributed by atoms with Crippen LogP contribution in [0.15, 0.2) is 0 Å². The van der Waals surface area contributed by atoms with E-state index in [9.17, 15) is 14.7 Å². The molecule has 0 unspecified atom stereocenters. The molecule has 0 bridgehead atoms. The van der Waals surface area contributed by atoms with Crippen molar-refractivity contribution in [1.82, 2.24) is 0 Å². The van der Waals surface area contributed by atoms with Gasteiger partial charge in [-0.2, -0.15) is 0 Å². The smallest absolute Gasteiger partial charge is 0.412 e. The Morgan fingerprint density at radius 3 is 2.04 bits per heavy atom. The number of hydrogen-bond acceptors (Lipinski definition) is 3. The summed E-state index contributed by atoms with van der Waals surface area (Å²) in [4.78, 5) is 25.9. The molecule has 1 aliphatic heterocycles. The number of rotatable bonds is 1. The Labute approximate surface area is 137 Å². The highest BCUT2D eigenvalue weighted by atomic mass is 16.5. The van der Waals surface area contributed by atoms with Crippen LogP contribution < -0.4 is 9.64 Å². The molecule has 0 radical (unpaired) electrons. The number of hydrogen-bond donors (Lipinski definition) is 1. The van der Waals surface area contributed by atoms with E-state index in [1.165, 1.54) is 4.90 Å². The molecule has 1 aromatic carbocycles. The van der Waals surface area contributed by atoms with E-state index in [1.807, 2.05) is 34.6 Å². The lowest BCUT2D eigenvalue weighted by molar-refractivity contribution is 0.0683. The van der Waals surface area contributed by atoms with Crippen molar-refractivity contribution in [2.75, 3.05) is 4.90 Å². The number of ketones is 1. The van der Waals surface area contributed by atoms with Gasteiger partial charge in [-0.1, -0.05) is 0 Å². The second kappa shape index (κ2) is 4.98. The molecule has 1 aromatic rings. The summed E-state index contributed by atoms with van der Waals surface area (Å²) in [5, 5.41) is 9.73. The zero-order valence-electron chi connectivity index (χ0n) is 15.1. The molecule has 1 heterocycles. The maximum Gasteiger partial charge on any atom is 0.412 e. The van der Waals surface area contributed by atoms with Crippen LogP contribution in [0.5, 0.6) is 5.75 Å². The standard InChI is InChI=1S/C18H25NO4/c1-9-10(2)14-12(15(20)18(7,8)23-14)11(3)13(9)19(16(21)22)17(4,5)6/h1-8H3,(H,21,22). The fraction of sp³-hybridized carbons (Fsp3) is 0.556. The van der Waals surface area contributed by atoms with Crippen molar-refractivity contribution in [2.24, 2.45) is 0 Å². The van der Waals surface area contributed by atoms with Crippen LogP contribution in [-0.2, 0) is 0 Å². The minimum Gasteiger partial charge on any atom is -0.479 e. The quantitative estimate of drug-likeness (QED) is 0.840. The molecular weight excluding hydrogens is 294 g/mol. The van der Waals surface area contributed by atoms with E-state index in [4.69, 9.17) is 4.74 Å². The molecule has 1 N–H and O–H groups in total. The lowest BCUT2D eigenvalue weighted by Gasteiger charge is -2.36. The van der Waals surface area contributed by atoms with Crippen LogP contribution in [0.25, 0.3) is 0 Å². The van der Waals surface area contributed by atoms with E-state index in [0.717, 1.165) is 11.1 Å². The maximum absolute atomic E-state index is 12.7. The van der Waals surface area contributed by atoms with Crippen molar-refractivity contribution >= 4 is 17.6 Å². The fourth-order valence-electron chi connectivity index (χ4n) is 3.16. The molecule has 0 atom stereocenters. The van der Waals surface area contributed by atoms with Gasteiger partial charge in [0.1, 0.15) is 5.75 Å². The molecule has 0 saturated heterocycles. The summed E-state index contributed by atoms with van der Waals surface area (Å²) in [5.41, 5.74) is 1.84. The molecule has 0 aliphatic carbocycles. The van der Waals surface area contributed by atoms with Crippen molar-refractivity contribution in [3.8, 4) is 5.75 Å². The fourth-order valence-corrected chi connectivity index (χ4v) is 3.16. The first-order chi connectivity index (χ1) is 10.3. The van der Waals surface area contributed by atoms with E-state index >= 15 is 0 Å². The van der Waals surface area contributed by atoms with Gasteiger partial charge in [0.15, 0.2) is 5.60 Å². The summed E-state index contributed by atoms with van der Waals surface area (Å²) < 4.78 is 5.86.